The lowest BCUT2D eigenvalue weighted by molar-refractivity contribution is -0.696. The molecule has 0 spiro atoms. The molecule has 0 radical (unpaired) electrons. The van der Waals surface area contributed by atoms with Gasteiger partial charge in [0.05, 0.1) is 5.75 Å². The van der Waals surface area contributed by atoms with E-state index in [1.54, 1.807) is 0 Å². The molecule has 0 aliphatic rings. The molecule has 5 nitrogen and oxygen atoms in total. The van der Waals surface area contributed by atoms with Crippen molar-refractivity contribution >= 4 is 28.0 Å². The highest BCUT2D eigenvalue weighted by molar-refractivity contribution is 7.85. The highest BCUT2D eigenvalue weighted by atomic mass is 32.2. The molecule has 0 aliphatic carbocycles. The number of rotatable bonds is 15. The molecule has 0 bridgehead atoms. The second-order valence-electron chi connectivity index (χ2n) is 8.34. The Morgan fingerprint density at radius 3 is 1.84 bits per heavy atom. The first-order chi connectivity index (χ1) is 15.4. The summed E-state index contributed by atoms with van der Waals surface area (Å²) in [5.74, 6) is -0.216. The van der Waals surface area contributed by atoms with Crippen LogP contribution in [-0.4, -0.2) is 31.8 Å². The van der Waals surface area contributed by atoms with Gasteiger partial charge in [-0.25, -0.2) is 4.57 Å². The summed E-state index contributed by atoms with van der Waals surface area (Å²) in [6, 6.07) is 12.8. The number of aryl methyl sites for hydroxylation is 1. The van der Waals surface area contributed by atoms with Crippen molar-refractivity contribution in [2.24, 2.45) is 0 Å². The minimum atomic E-state index is -3.89. The predicted octanol–water partition coefficient (Wildman–Crippen LogP) is 5.61. The molecule has 0 atom stereocenters. The molecule has 32 heavy (non-hydrogen) atoms. The third-order valence-corrected chi connectivity index (χ3v) is 6.33. The standard InChI is InChI=1S/C26H38N2O3S/c1-3-5-7-19-28(20-8-6-4-2)26-14-12-24(13-15-26)10-11-25-16-21-27(22-17-25)18-9-23-32(29,30)31/h10-17,21-22H,3-9,18-20,23H2,1-2H3/p+1. The predicted molar refractivity (Wildman–Crippen MR) is 134 cm³/mol. The van der Waals surface area contributed by atoms with Gasteiger partial charge in [-0.3, -0.25) is 4.55 Å². The topological polar surface area (TPSA) is 61.5 Å². The average molecular weight is 460 g/mol. The van der Waals surface area contributed by atoms with Crippen molar-refractivity contribution in [1.82, 2.24) is 0 Å². The van der Waals surface area contributed by atoms with Crippen molar-refractivity contribution < 1.29 is 17.5 Å². The maximum Gasteiger partial charge on any atom is 0.265 e. The smallest absolute Gasteiger partial charge is 0.265 e. The minimum Gasteiger partial charge on any atom is -0.372 e. The molecule has 0 fully saturated rings. The molecule has 0 saturated heterocycles. The first-order valence-corrected chi connectivity index (χ1v) is 13.5. The van der Waals surface area contributed by atoms with Crippen LogP contribution in [-0.2, 0) is 16.7 Å². The van der Waals surface area contributed by atoms with E-state index in [9.17, 15) is 8.42 Å². The molecule has 2 aromatic rings. The van der Waals surface area contributed by atoms with E-state index >= 15 is 0 Å². The molecule has 1 heterocycles. The zero-order valence-electron chi connectivity index (χ0n) is 19.6. The van der Waals surface area contributed by atoms with Crippen LogP contribution < -0.4 is 9.47 Å². The number of aromatic nitrogens is 1. The van der Waals surface area contributed by atoms with Crippen LogP contribution >= 0.6 is 0 Å². The first kappa shape index (κ1) is 26.1. The van der Waals surface area contributed by atoms with E-state index in [2.05, 4.69) is 55.2 Å². The molecule has 0 unspecified atom stereocenters. The van der Waals surface area contributed by atoms with Crippen LogP contribution in [0.25, 0.3) is 12.2 Å². The normalized spacial score (nSPS) is 11.8. The molecule has 0 amide bonds. The molecule has 6 heteroatoms. The Balaban J connectivity index is 1.93. The highest BCUT2D eigenvalue weighted by Gasteiger charge is 2.08. The van der Waals surface area contributed by atoms with E-state index < -0.39 is 10.1 Å². The van der Waals surface area contributed by atoms with E-state index in [-0.39, 0.29) is 5.75 Å². The van der Waals surface area contributed by atoms with Crippen molar-refractivity contribution in [3.63, 3.8) is 0 Å². The van der Waals surface area contributed by atoms with Gasteiger partial charge >= 0.3 is 0 Å². The van der Waals surface area contributed by atoms with Gasteiger partial charge in [-0.2, -0.15) is 8.42 Å². The Morgan fingerprint density at radius 2 is 1.34 bits per heavy atom. The van der Waals surface area contributed by atoms with Gasteiger partial charge in [0, 0.05) is 37.3 Å². The van der Waals surface area contributed by atoms with Crippen molar-refractivity contribution in [3.05, 3.63) is 59.9 Å². The van der Waals surface area contributed by atoms with E-state index in [0.29, 0.717) is 13.0 Å². The molecule has 0 aliphatic heterocycles. The number of unbranched alkanes of at least 4 members (excludes halogenated alkanes) is 4. The zero-order valence-corrected chi connectivity index (χ0v) is 20.4. The third-order valence-electron chi connectivity index (χ3n) is 5.53. The molecule has 1 N–H and O–H groups in total. The molecule has 1 aromatic heterocycles. The summed E-state index contributed by atoms with van der Waals surface area (Å²) in [6.45, 7) is 7.30. The van der Waals surface area contributed by atoms with Crippen LogP contribution in [0.2, 0.25) is 0 Å². The van der Waals surface area contributed by atoms with Gasteiger partial charge in [0.2, 0.25) is 0 Å². The maximum absolute atomic E-state index is 10.8. The lowest BCUT2D eigenvalue weighted by atomic mass is 10.1. The van der Waals surface area contributed by atoms with Gasteiger partial charge in [-0.15, -0.1) is 0 Å². The number of benzene rings is 1. The molecular formula is C26H39N2O3S+. The Labute approximate surface area is 194 Å². The monoisotopic (exact) mass is 459 g/mol. The van der Waals surface area contributed by atoms with E-state index in [1.807, 2.05) is 29.1 Å². The number of hydrogen-bond acceptors (Lipinski definition) is 3. The fourth-order valence-electron chi connectivity index (χ4n) is 3.62. The number of anilines is 1. The highest BCUT2D eigenvalue weighted by Crippen LogP contribution is 2.19. The summed E-state index contributed by atoms with van der Waals surface area (Å²) < 4.78 is 32.3. The second-order valence-corrected chi connectivity index (χ2v) is 9.91. The van der Waals surface area contributed by atoms with Crippen molar-refractivity contribution in [3.8, 4) is 0 Å². The minimum absolute atomic E-state index is 0.216. The van der Waals surface area contributed by atoms with Crippen LogP contribution in [0.15, 0.2) is 48.8 Å². The van der Waals surface area contributed by atoms with Crippen molar-refractivity contribution in [1.29, 1.82) is 0 Å². The SMILES string of the molecule is CCCCCN(CCCCC)c1ccc(C=Cc2cc[n+](CCCS(=O)(=O)O)cc2)cc1. The van der Waals surface area contributed by atoms with Crippen LogP contribution in [0, 0.1) is 0 Å². The Bertz CT molecular complexity index is 897. The molecular weight excluding hydrogens is 420 g/mol. The van der Waals surface area contributed by atoms with Crippen LogP contribution in [0.3, 0.4) is 0 Å². The Hall–Kier alpha value is -2.18. The molecule has 0 saturated carbocycles. The molecule has 176 valence electrons. The lowest BCUT2D eigenvalue weighted by Gasteiger charge is -2.25. The quantitative estimate of drug-likeness (QED) is 0.214. The molecule has 1 aromatic carbocycles. The van der Waals surface area contributed by atoms with Crippen molar-refractivity contribution in [2.75, 3.05) is 23.7 Å². The van der Waals surface area contributed by atoms with Crippen LogP contribution in [0.4, 0.5) is 5.69 Å². The number of hydrogen-bond donors (Lipinski definition) is 1. The summed E-state index contributed by atoms with van der Waals surface area (Å²) in [7, 11) is -3.89. The Morgan fingerprint density at radius 1 is 0.812 bits per heavy atom. The summed E-state index contributed by atoms with van der Waals surface area (Å²) in [5, 5.41) is 0. The van der Waals surface area contributed by atoms with E-state index in [4.69, 9.17) is 4.55 Å². The van der Waals surface area contributed by atoms with Gasteiger partial charge in [-0.05, 0) is 36.1 Å². The van der Waals surface area contributed by atoms with Gasteiger partial charge < -0.3 is 4.90 Å². The number of nitrogens with zero attached hydrogens (tertiary/aromatic N) is 2. The van der Waals surface area contributed by atoms with Gasteiger partial charge in [0.15, 0.2) is 12.4 Å². The first-order valence-electron chi connectivity index (χ1n) is 11.9. The van der Waals surface area contributed by atoms with Crippen LogP contribution in [0.1, 0.15) is 69.9 Å². The van der Waals surface area contributed by atoms with Gasteiger partial charge in [-0.1, -0.05) is 63.8 Å². The fourth-order valence-corrected chi connectivity index (χ4v) is 4.12. The van der Waals surface area contributed by atoms with E-state index in [0.717, 1.165) is 18.7 Å². The van der Waals surface area contributed by atoms with E-state index in [1.165, 1.54) is 49.8 Å². The fraction of sp³-hybridized carbons (Fsp3) is 0.500. The maximum atomic E-state index is 10.8. The van der Waals surface area contributed by atoms with Gasteiger partial charge in [0.25, 0.3) is 10.1 Å². The summed E-state index contributed by atoms with van der Waals surface area (Å²) in [6.07, 6.45) is 16.0. The lowest BCUT2D eigenvalue weighted by Crippen LogP contribution is -2.33. The molecule has 2 rings (SSSR count). The average Bonchev–Trinajstić information content (AvgIpc) is 2.77. The summed E-state index contributed by atoms with van der Waals surface area (Å²) >= 11 is 0. The third kappa shape index (κ3) is 10.4. The largest absolute Gasteiger partial charge is 0.372 e. The second kappa shape index (κ2) is 14.1. The Kier molecular flexibility index (Phi) is 11.5. The number of pyridine rings is 1. The van der Waals surface area contributed by atoms with Gasteiger partial charge in [0.1, 0.15) is 6.54 Å². The summed E-state index contributed by atoms with van der Waals surface area (Å²) in [5.41, 5.74) is 3.56. The van der Waals surface area contributed by atoms with Crippen LogP contribution in [0.5, 0.6) is 0 Å². The van der Waals surface area contributed by atoms with Crippen molar-refractivity contribution in [2.45, 2.75) is 65.3 Å². The zero-order chi connectivity index (χ0) is 23.2. The summed E-state index contributed by atoms with van der Waals surface area (Å²) in [4.78, 5) is 2.52.